The fraction of sp³-hybridized carbons (Fsp3) is 0.533. The second kappa shape index (κ2) is 7.00. The van der Waals surface area contributed by atoms with Gasteiger partial charge >= 0.3 is 0 Å². The van der Waals surface area contributed by atoms with Crippen molar-refractivity contribution in [2.45, 2.75) is 25.8 Å². The second-order valence-electron chi connectivity index (χ2n) is 5.42. The van der Waals surface area contributed by atoms with Crippen LogP contribution in [0.1, 0.15) is 18.4 Å². The third kappa shape index (κ3) is 4.02. The Balaban J connectivity index is 1.88. The van der Waals surface area contributed by atoms with E-state index >= 15 is 0 Å². The van der Waals surface area contributed by atoms with E-state index in [9.17, 15) is 9.90 Å². The minimum atomic E-state index is 0.0524. The normalized spacial score (nSPS) is 16.0. The molecule has 2 rings (SSSR count). The molecule has 3 N–H and O–H groups in total. The molecule has 116 valence electrons. The van der Waals surface area contributed by atoms with Crippen molar-refractivity contribution in [1.29, 1.82) is 0 Å². The number of halogens is 1. The number of carbonyl (C=O) groups excluding carboxylic acids is 1. The Kier molecular flexibility index (Phi) is 5.31. The van der Waals surface area contributed by atoms with E-state index in [0.717, 1.165) is 31.5 Å². The third-order valence-corrected chi connectivity index (χ3v) is 4.37. The molecule has 1 amide bonds. The van der Waals surface area contributed by atoms with Crippen molar-refractivity contribution in [2.75, 3.05) is 32.0 Å². The highest BCUT2D eigenvalue weighted by molar-refractivity contribution is 6.31. The molecule has 0 aliphatic carbocycles. The number of rotatable bonds is 4. The average molecular weight is 312 g/mol. The zero-order chi connectivity index (χ0) is 15.4. The van der Waals surface area contributed by atoms with Crippen LogP contribution in [0.2, 0.25) is 5.02 Å². The predicted octanol–water partition coefficient (Wildman–Crippen LogP) is 1.98. The highest BCUT2D eigenvalue weighted by Crippen LogP contribution is 2.29. The molecule has 1 saturated heterocycles. The second-order valence-corrected chi connectivity index (χ2v) is 5.82. The number of nitrogens with zero attached hydrogens (tertiary/aromatic N) is 1. The van der Waals surface area contributed by atoms with Crippen LogP contribution in [-0.2, 0) is 4.79 Å². The van der Waals surface area contributed by atoms with Gasteiger partial charge in [0, 0.05) is 30.2 Å². The van der Waals surface area contributed by atoms with Crippen molar-refractivity contribution in [2.24, 2.45) is 0 Å². The first kappa shape index (κ1) is 15.9. The molecule has 0 aromatic heterocycles. The summed E-state index contributed by atoms with van der Waals surface area (Å²) in [5.41, 5.74) is 1.40. The molecule has 0 unspecified atom stereocenters. The van der Waals surface area contributed by atoms with Crippen LogP contribution in [0, 0.1) is 6.92 Å². The van der Waals surface area contributed by atoms with Gasteiger partial charge in [0.25, 0.3) is 0 Å². The molecule has 0 atom stereocenters. The minimum Gasteiger partial charge on any atom is -0.506 e. The number of piperidine rings is 1. The summed E-state index contributed by atoms with van der Waals surface area (Å²) < 4.78 is 0. The number of benzene rings is 1. The van der Waals surface area contributed by atoms with Crippen molar-refractivity contribution >= 4 is 23.2 Å². The quantitative estimate of drug-likeness (QED) is 0.744. The Labute approximate surface area is 130 Å². The van der Waals surface area contributed by atoms with Gasteiger partial charge in [0.15, 0.2) is 0 Å². The molecule has 1 aliphatic rings. The van der Waals surface area contributed by atoms with E-state index in [1.807, 2.05) is 18.9 Å². The number of amides is 1. The predicted molar refractivity (Wildman–Crippen MR) is 85.0 cm³/mol. The van der Waals surface area contributed by atoms with Gasteiger partial charge in [0.05, 0.1) is 12.2 Å². The smallest absolute Gasteiger partial charge is 0.241 e. The number of likely N-dealkylation sites (tertiary alicyclic amines) is 1. The lowest BCUT2D eigenvalue weighted by Crippen LogP contribution is -2.45. The van der Waals surface area contributed by atoms with E-state index < -0.39 is 0 Å². The van der Waals surface area contributed by atoms with Crippen molar-refractivity contribution in [3.8, 4) is 5.75 Å². The van der Waals surface area contributed by atoms with E-state index in [1.54, 1.807) is 6.07 Å². The van der Waals surface area contributed by atoms with Gasteiger partial charge in [0.1, 0.15) is 5.75 Å². The zero-order valence-corrected chi connectivity index (χ0v) is 13.2. The Morgan fingerprint density at radius 1 is 1.43 bits per heavy atom. The molecule has 0 spiro atoms. The van der Waals surface area contributed by atoms with Crippen molar-refractivity contribution in [1.82, 2.24) is 10.2 Å². The molecule has 0 saturated carbocycles. The molecule has 0 radical (unpaired) electrons. The number of aryl methyl sites for hydroxylation is 1. The standard InChI is InChI=1S/C15H22ClN3O2/c1-10-7-13(14(20)8-12(10)16)18-9-15(21)19-5-3-11(17-2)4-6-19/h7-8,11,17-18,20H,3-6,9H2,1-2H3. The molecule has 21 heavy (non-hydrogen) atoms. The molecule has 1 fully saturated rings. The largest absolute Gasteiger partial charge is 0.506 e. The number of carbonyl (C=O) groups is 1. The monoisotopic (exact) mass is 311 g/mol. The molecule has 1 aliphatic heterocycles. The number of hydrogen-bond donors (Lipinski definition) is 3. The Morgan fingerprint density at radius 3 is 2.71 bits per heavy atom. The van der Waals surface area contributed by atoms with Crippen LogP contribution in [0.4, 0.5) is 5.69 Å². The summed E-state index contributed by atoms with van der Waals surface area (Å²) in [6.45, 7) is 3.59. The lowest BCUT2D eigenvalue weighted by atomic mass is 10.1. The van der Waals surface area contributed by atoms with Gasteiger partial charge in [-0.3, -0.25) is 4.79 Å². The summed E-state index contributed by atoms with van der Waals surface area (Å²) >= 11 is 5.93. The summed E-state index contributed by atoms with van der Waals surface area (Å²) in [7, 11) is 1.95. The maximum Gasteiger partial charge on any atom is 0.241 e. The summed E-state index contributed by atoms with van der Waals surface area (Å²) in [5, 5.41) is 16.6. The lowest BCUT2D eigenvalue weighted by molar-refractivity contribution is -0.130. The Bertz CT molecular complexity index is 514. The summed E-state index contributed by atoms with van der Waals surface area (Å²) in [6.07, 6.45) is 1.96. The molecule has 5 nitrogen and oxygen atoms in total. The summed E-state index contributed by atoms with van der Waals surface area (Å²) in [4.78, 5) is 14.0. The Hall–Kier alpha value is -1.46. The highest BCUT2D eigenvalue weighted by atomic mass is 35.5. The first-order valence-electron chi connectivity index (χ1n) is 7.19. The van der Waals surface area contributed by atoms with E-state index in [1.165, 1.54) is 6.07 Å². The molecular formula is C15H22ClN3O2. The minimum absolute atomic E-state index is 0.0524. The third-order valence-electron chi connectivity index (χ3n) is 3.96. The van der Waals surface area contributed by atoms with Crippen molar-refractivity contribution in [3.63, 3.8) is 0 Å². The molecule has 1 heterocycles. The van der Waals surface area contributed by atoms with Crippen LogP contribution in [-0.4, -0.2) is 48.6 Å². The van der Waals surface area contributed by atoms with Crippen molar-refractivity contribution in [3.05, 3.63) is 22.7 Å². The first-order chi connectivity index (χ1) is 10.0. The number of phenolic OH excluding ortho intramolecular Hbond substituents is 1. The van der Waals surface area contributed by atoms with Gasteiger partial charge in [-0.25, -0.2) is 0 Å². The topological polar surface area (TPSA) is 64.6 Å². The van der Waals surface area contributed by atoms with Gasteiger partial charge in [-0.2, -0.15) is 0 Å². The lowest BCUT2D eigenvalue weighted by Gasteiger charge is -2.32. The van der Waals surface area contributed by atoms with Crippen LogP contribution < -0.4 is 10.6 Å². The van der Waals surface area contributed by atoms with Crippen LogP contribution in [0.5, 0.6) is 5.75 Å². The fourth-order valence-electron chi connectivity index (χ4n) is 2.51. The van der Waals surface area contributed by atoms with Crippen LogP contribution >= 0.6 is 11.6 Å². The van der Waals surface area contributed by atoms with Gasteiger partial charge in [0.2, 0.25) is 5.91 Å². The number of nitrogens with one attached hydrogen (secondary N) is 2. The number of anilines is 1. The van der Waals surface area contributed by atoms with Crippen LogP contribution in [0.3, 0.4) is 0 Å². The highest BCUT2D eigenvalue weighted by Gasteiger charge is 2.21. The van der Waals surface area contributed by atoms with Gasteiger partial charge in [-0.15, -0.1) is 0 Å². The number of hydrogen-bond acceptors (Lipinski definition) is 4. The van der Waals surface area contributed by atoms with Crippen molar-refractivity contribution < 1.29 is 9.90 Å². The number of aromatic hydroxyl groups is 1. The maximum absolute atomic E-state index is 12.2. The van der Waals surface area contributed by atoms with Gasteiger partial charge in [-0.1, -0.05) is 11.6 Å². The van der Waals surface area contributed by atoms with Gasteiger partial charge < -0.3 is 20.6 Å². The summed E-state index contributed by atoms with van der Waals surface area (Å²) in [6, 6.07) is 3.74. The fourth-order valence-corrected chi connectivity index (χ4v) is 2.67. The zero-order valence-electron chi connectivity index (χ0n) is 12.4. The van der Waals surface area contributed by atoms with E-state index in [4.69, 9.17) is 11.6 Å². The SMILES string of the molecule is CNC1CCN(C(=O)CNc2cc(C)c(Cl)cc2O)CC1. The maximum atomic E-state index is 12.2. The summed E-state index contributed by atoms with van der Waals surface area (Å²) in [5.74, 6) is 0.115. The molecule has 6 heteroatoms. The molecular weight excluding hydrogens is 290 g/mol. The van der Waals surface area contributed by atoms with E-state index in [-0.39, 0.29) is 18.2 Å². The van der Waals surface area contributed by atoms with E-state index in [0.29, 0.717) is 16.8 Å². The molecule has 0 bridgehead atoms. The van der Waals surface area contributed by atoms with E-state index in [2.05, 4.69) is 10.6 Å². The van der Waals surface area contributed by atoms with Crippen LogP contribution in [0.25, 0.3) is 0 Å². The average Bonchev–Trinajstić information content (AvgIpc) is 2.49. The molecule has 1 aromatic rings. The molecule has 1 aromatic carbocycles. The Morgan fingerprint density at radius 2 is 2.10 bits per heavy atom. The van der Waals surface area contributed by atoms with Gasteiger partial charge in [-0.05, 0) is 38.4 Å². The van der Waals surface area contributed by atoms with Crippen LogP contribution in [0.15, 0.2) is 12.1 Å². The first-order valence-corrected chi connectivity index (χ1v) is 7.57. The number of phenols is 1.